The highest BCUT2D eigenvalue weighted by Crippen LogP contribution is 2.27. The summed E-state index contributed by atoms with van der Waals surface area (Å²) in [6.45, 7) is 0.465. The van der Waals surface area contributed by atoms with Crippen LogP contribution >= 0.6 is 27.3 Å². The zero-order valence-corrected chi connectivity index (χ0v) is 22.6. The second-order valence-electron chi connectivity index (χ2n) is 8.29. The third kappa shape index (κ3) is 6.94. The number of benzene rings is 4. The molecular formula is C30H23BrN4O2S. The number of rotatable bonds is 9. The molecule has 1 aromatic heterocycles. The van der Waals surface area contributed by atoms with Gasteiger partial charge >= 0.3 is 0 Å². The number of hydrogen-bond donors (Lipinski definition) is 2. The number of amides is 1. The van der Waals surface area contributed by atoms with Gasteiger partial charge in [-0.05, 0) is 59.7 Å². The van der Waals surface area contributed by atoms with Gasteiger partial charge in [-0.15, -0.1) is 11.3 Å². The van der Waals surface area contributed by atoms with Gasteiger partial charge in [0.15, 0.2) is 5.13 Å². The average Bonchev–Trinajstić information content (AvgIpc) is 3.42. The molecular weight excluding hydrogens is 560 g/mol. The molecule has 0 radical (unpaired) electrons. The third-order valence-electron chi connectivity index (χ3n) is 5.53. The van der Waals surface area contributed by atoms with Gasteiger partial charge in [-0.3, -0.25) is 4.79 Å². The lowest BCUT2D eigenvalue weighted by atomic mass is 10.1. The number of hydrazone groups is 1. The predicted octanol–water partition coefficient (Wildman–Crippen LogP) is 7.66. The molecule has 0 saturated carbocycles. The first-order chi connectivity index (χ1) is 18.6. The number of carbonyl (C=O) groups is 1. The molecule has 0 unspecified atom stereocenters. The molecule has 4 aromatic carbocycles. The molecule has 0 aliphatic carbocycles. The van der Waals surface area contributed by atoms with Crippen LogP contribution in [0.15, 0.2) is 118 Å². The molecule has 188 valence electrons. The van der Waals surface area contributed by atoms with Gasteiger partial charge in [0.2, 0.25) is 0 Å². The highest BCUT2D eigenvalue weighted by atomic mass is 79.9. The lowest BCUT2D eigenvalue weighted by molar-refractivity contribution is 0.0955. The lowest BCUT2D eigenvalue weighted by Gasteiger charge is -2.07. The molecule has 0 atom stereocenters. The first-order valence-corrected chi connectivity index (χ1v) is 13.5. The van der Waals surface area contributed by atoms with Crippen molar-refractivity contribution in [1.29, 1.82) is 0 Å². The first-order valence-electron chi connectivity index (χ1n) is 11.8. The fourth-order valence-corrected chi connectivity index (χ4v) is 4.57. The molecule has 0 saturated heterocycles. The van der Waals surface area contributed by atoms with Crippen molar-refractivity contribution in [2.45, 2.75) is 6.61 Å². The van der Waals surface area contributed by atoms with Crippen LogP contribution in [0.25, 0.3) is 11.3 Å². The molecule has 0 aliphatic heterocycles. The highest BCUT2D eigenvalue weighted by molar-refractivity contribution is 9.10. The summed E-state index contributed by atoms with van der Waals surface area (Å²) in [5, 5.41) is 10.2. The van der Waals surface area contributed by atoms with Gasteiger partial charge in [0.05, 0.1) is 11.9 Å². The Morgan fingerprint density at radius 3 is 2.53 bits per heavy atom. The van der Waals surface area contributed by atoms with Crippen LogP contribution in [-0.4, -0.2) is 17.1 Å². The molecule has 5 aromatic rings. The number of anilines is 2. The minimum absolute atomic E-state index is 0.292. The Balaban J connectivity index is 1.14. The summed E-state index contributed by atoms with van der Waals surface area (Å²) in [5.41, 5.74) is 7.75. The molecule has 1 heterocycles. The smallest absolute Gasteiger partial charge is 0.271 e. The van der Waals surface area contributed by atoms with E-state index in [-0.39, 0.29) is 5.91 Å². The number of nitrogens with zero attached hydrogens (tertiary/aromatic N) is 2. The molecule has 1 amide bonds. The number of hydrogen-bond acceptors (Lipinski definition) is 6. The van der Waals surface area contributed by atoms with E-state index in [1.807, 2.05) is 96.4 Å². The summed E-state index contributed by atoms with van der Waals surface area (Å²) in [6.07, 6.45) is 1.59. The maximum atomic E-state index is 12.6. The summed E-state index contributed by atoms with van der Waals surface area (Å²) in [4.78, 5) is 17.2. The number of halogens is 1. The van der Waals surface area contributed by atoms with E-state index in [0.29, 0.717) is 12.2 Å². The van der Waals surface area contributed by atoms with Crippen LogP contribution in [0.2, 0.25) is 0 Å². The van der Waals surface area contributed by atoms with Gasteiger partial charge in [-0.1, -0.05) is 70.5 Å². The van der Waals surface area contributed by atoms with Crippen molar-refractivity contribution >= 4 is 50.2 Å². The Morgan fingerprint density at radius 2 is 1.74 bits per heavy atom. The number of nitrogens with one attached hydrogen (secondary N) is 2. The van der Waals surface area contributed by atoms with Crippen molar-refractivity contribution in [3.8, 4) is 17.0 Å². The van der Waals surface area contributed by atoms with Gasteiger partial charge in [-0.25, -0.2) is 10.4 Å². The molecule has 2 N–H and O–H groups in total. The van der Waals surface area contributed by atoms with Gasteiger partial charge in [0.1, 0.15) is 12.4 Å². The Bertz CT molecular complexity index is 1540. The Kier molecular flexibility index (Phi) is 8.23. The molecule has 8 heteroatoms. The van der Waals surface area contributed by atoms with Crippen molar-refractivity contribution in [1.82, 2.24) is 10.4 Å². The SMILES string of the molecule is O=C(N/N=C\c1cccc(OCc2ccc(Br)cc2)c1)c1ccc(-c2csc(Nc3ccccc3)n2)cc1. The van der Waals surface area contributed by atoms with E-state index in [1.54, 1.807) is 18.3 Å². The van der Waals surface area contributed by atoms with Gasteiger partial charge in [0, 0.05) is 26.7 Å². The number of carbonyl (C=O) groups excluding carboxylic acids is 1. The molecule has 0 aliphatic rings. The van der Waals surface area contributed by atoms with Gasteiger partial charge < -0.3 is 10.1 Å². The van der Waals surface area contributed by atoms with Gasteiger partial charge in [-0.2, -0.15) is 5.10 Å². The summed E-state index contributed by atoms with van der Waals surface area (Å²) in [6, 6.07) is 32.7. The molecule has 0 spiro atoms. The van der Waals surface area contributed by atoms with E-state index in [2.05, 4.69) is 36.8 Å². The minimum atomic E-state index is -0.292. The first kappa shape index (κ1) is 25.4. The Labute approximate surface area is 233 Å². The predicted molar refractivity (Wildman–Crippen MR) is 157 cm³/mol. The average molecular weight is 584 g/mol. The van der Waals surface area contributed by atoms with E-state index in [4.69, 9.17) is 4.74 Å². The van der Waals surface area contributed by atoms with Crippen LogP contribution < -0.4 is 15.5 Å². The maximum absolute atomic E-state index is 12.6. The third-order valence-corrected chi connectivity index (χ3v) is 6.82. The molecule has 0 bridgehead atoms. The number of ether oxygens (including phenoxy) is 1. The maximum Gasteiger partial charge on any atom is 0.271 e. The minimum Gasteiger partial charge on any atom is -0.489 e. The number of aromatic nitrogens is 1. The van der Waals surface area contributed by atoms with Crippen LogP contribution in [0.1, 0.15) is 21.5 Å². The van der Waals surface area contributed by atoms with Crippen LogP contribution in [0.5, 0.6) is 5.75 Å². The normalized spacial score (nSPS) is 10.9. The lowest BCUT2D eigenvalue weighted by Crippen LogP contribution is -2.17. The Hall–Kier alpha value is -4.27. The zero-order valence-electron chi connectivity index (χ0n) is 20.2. The number of para-hydroxylation sites is 1. The van der Waals surface area contributed by atoms with Crippen molar-refractivity contribution in [2.24, 2.45) is 5.10 Å². The summed E-state index contributed by atoms with van der Waals surface area (Å²) in [5.74, 6) is 0.433. The van der Waals surface area contributed by atoms with E-state index in [0.717, 1.165) is 43.4 Å². The summed E-state index contributed by atoms with van der Waals surface area (Å²) >= 11 is 4.96. The molecule has 38 heavy (non-hydrogen) atoms. The van der Waals surface area contributed by atoms with E-state index in [9.17, 15) is 4.79 Å². The van der Waals surface area contributed by atoms with Crippen LogP contribution in [-0.2, 0) is 6.61 Å². The zero-order chi connectivity index (χ0) is 26.2. The standard InChI is InChI=1S/C30H23BrN4O2S/c31-25-15-9-21(10-16-25)19-37-27-8-4-5-22(17-27)18-32-35-29(36)24-13-11-23(12-14-24)28-20-38-30(34-28)33-26-6-2-1-3-7-26/h1-18,20H,19H2,(H,33,34)(H,35,36)/b32-18-. The topological polar surface area (TPSA) is 75.6 Å². The summed E-state index contributed by atoms with van der Waals surface area (Å²) in [7, 11) is 0. The van der Waals surface area contributed by atoms with Crippen molar-refractivity contribution < 1.29 is 9.53 Å². The summed E-state index contributed by atoms with van der Waals surface area (Å²) < 4.78 is 6.91. The van der Waals surface area contributed by atoms with Crippen molar-refractivity contribution in [3.63, 3.8) is 0 Å². The molecule has 0 fully saturated rings. The van der Waals surface area contributed by atoms with Crippen LogP contribution in [0.4, 0.5) is 10.8 Å². The van der Waals surface area contributed by atoms with Crippen LogP contribution in [0, 0.1) is 0 Å². The quantitative estimate of drug-likeness (QED) is 0.138. The Morgan fingerprint density at radius 1 is 0.947 bits per heavy atom. The van der Waals surface area contributed by atoms with Gasteiger partial charge in [0.25, 0.3) is 5.91 Å². The largest absolute Gasteiger partial charge is 0.489 e. The van der Waals surface area contributed by atoms with E-state index < -0.39 is 0 Å². The molecule has 5 rings (SSSR count). The highest BCUT2D eigenvalue weighted by Gasteiger charge is 2.08. The molecule has 6 nitrogen and oxygen atoms in total. The fraction of sp³-hybridized carbons (Fsp3) is 0.0333. The fourth-order valence-electron chi connectivity index (χ4n) is 3.56. The number of thiazole rings is 1. The van der Waals surface area contributed by atoms with E-state index >= 15 is 0 Å². The second kappa shape index (κ2) is 12.3. The van der Waals surface area contributed by atoms with Crippen molar-refractivity contribution in [3.05, 3.63) is 130 Å². The van der Waals surface area contributed by atoms with Crippen molar-refractivity contribution in [2.75, 3.05) is 5.32 Å². The van der Waals surface area contributed by atoms with E-state index in [1.165, 1.54) is 11.3 Å². The monoisotopic (exact) mass is 582 g/mol. The van der Waals surface area contributed by atoms with Crippen LogP contribution in [0.3, 0.4) is 0 Å². The second-order valence-corrected chi connectivity index (χ2v) is 10.1.